The lowest BCUT2D eigenvalue weighted by atomic mass is 9.99. The molecule has 0 saturated heterocycles. The van der Waals surface area contributed by atoms with Gasteiger partial charge in [0.1, 0.15) is 0 Å². The van der Waals surface area contributed by atoms with Crippen LogP contribution in [0.25, 0.3) is 11.1 Å². The number of carboxylic acids is 1. The average molecular weight is 304 g/mol. The number of hydrogen-bond donors (Lipinski definition) is 3. The normalized spacial score (nSPS) is 11.0. The van der Waals surface area contributed by atoms with Crippen LogP contribution < -0.4 is 5.32 Å². The summed E-state index contributed by atoms with van der Waals surface area (Å²) in [6, 6.07) is 10.4. The van der Waals surface area contributed by atoms with Crippen molar-refractivity contribution in [3.8, 4) is 11.1 Å². The molecule has 0 amide bonds. The first kappa shape index (κ1) is 15.6. The minimum absolute atomic E-state index is 0.567. The summed E-state index contributed by atoms with van der Waals surface area (Å²) in [5.41, 5.74) is 2.30. The van der Waals surface area contributed by atoms with Gasteiger partial charge < -0.3 is 15.8 Å². The van der Waals surface area contributed by atoms with Gasteiger partial charge in [0.2, 0.25) is 0 Å². The molecule has 0 aromatic heterocycles. The number of carboxylic acid groups (broad SMARTS) is 1. The third-order valence-electron chi connectivity index (χ3n) is 3.33. The van der Waals surface area contributed by atoms with Crippen LogP contribution in [-0.2, 0) is 10.7 Å². The van der Waals surface area contributed by atoms with E-state index in [0.717, 1.165) is 23.4 Å². The second kappa shape index (κ2) is 5.93. The van der Waals surface area contributed by atoms with Gasteiger partial charge in [-0.1, -0.05) is 30.3 Å². The topological polar surface area (TPSA) is 73.2 Å². The number of hydrogen-bond acceptors (Lipinski definition) is 3. The SMILES string of the molecule is CNc1ccc(-c2ccc(C(F)(F)C(=O)O)cc2)cc1C=N. The summed E-state index contributed by atoms with van der Waals surface area (Å²) in [6.07, 6.45) is 1.20. The Morgan fingerprint density at radius 2 is 1.77 bits per heavy atom. The lowest BCUT2D eigenvalue weighted by Crippen LogP contribution is -2.25. The Morgan fingerprint density at radius 1 is 1.18 bits per heavy atom. The standard InChI is InChI=1S/C16H14F2N2O2/c1-20-14-7-4-11(8-12(14)9-19)10-2-5-13(6-3-10)16(17,18)15(21)22/h2-9,19-20H,1H3,(H,21,22). The number of rotatable bonds is 5. The Labute approximate surface area is 125 Å². The summed E-state index contributed by atoms with van der Waals surface area (Å²) in [5.74, 6) is -6.08. The van der Waals surface area contributed by atoms with Crippen molar-refractivity contribution in [2.45, 2.75) is 5.92 Å². The number of carbonyl (C=O) groups is 1. The first-order valence-electron chi connectivity index (χ1n) is 6.44. The van der Waals surface area contributed by atoms with Gasteiger partial charge in [-0.25, -0.2) is 4.79 Å². The Bertz CT molecular complexity index is 713. The van der Waals surface area contributed by atoms with Crippen LogP contribution in [0, 0.1) is 5.41 Å². The molecule has 2 rings (SSSR count). The predicted octanol–water partition coefficient (Wildman–Crippen LogP) is 3.57. The first-order valence-corrected chi connectivity index (χ1v) is 6.44. The summed E-state index contributed by atoms with van der Waals surface area (Å²) < 4.78 is 26.8. The number of benzene rings is 2. The predicted molar refractivity (Wildman–Crippen MR) is 80.8 cm³/mol. The fraction of sp³-hybridized carbons (Fsp3) is 0.125. The van der Waals surface area contributed by atoms with Crippen molar-refractivity contribution in [1.82, 2.24) is 0 Å². The molecule has 2 aromatic rings. The maximum Gasteiger partial charge on any atom is 0.379 e. The van der Waals surface area contributed by atoms with E-state index in [2.05, 4.69) is 5.32 Å². The fourth-order valence-electron chi connectivity index (χ4n) is 2.08. The van der Waals surface area contributed by atoms with Crippen molar-refractivity contribution in [3.63, 3.8) is 0 Å². The molecule has 0 saturated carbocycles. The van der Waals surface area contributed by atoms with Crippen molar-refractivity contribution in [2.24, 2.45) is 0 Å². The molecule has 22 heavy (non-hydrogen) atoms. The van der Waals surface area contributed by atoms with Crippen molar-refractivity contribution < 1.29 is 18.7 Å². The van der Waals surface area contributed by atoms with E-state index in [1.807, 2.05) is 0 Å². The van der Waals surface area contributed by atoms with Gasteiger partial charge in [-0.05, 0) is 23.3 Å². The number of alkyl halides is 2. The molecular formula is C16H14F2N2O2. The zero-order valence-corrected chi connectivity index (χ0v) is 11.7. The average Bonchev–Trinajstić information content (AvgIpc) is 2.54. The molecule has 4 nitrogen and oxygen atoms in total. The van der Waals surface area contributed by atoms with Crippen LogP contribution in [0.1, 0.15) is 11.1 Å². The van der Waals surface area contributed by atoms with E-state index in [1.165, 1.54) is 18.3 Å². The van der Waals surface area contributed by atoms with E-state index in [-0.39, 0.29) is 0 Å². The van der Waals surface area contributed by atoms with Crippen molar-refractivity contribution in [2.75, 3.05) is 12.4 Å². The Morgan fingerprint density at radius 3 is 2.27 bits per heavy atom. The summed E-state index contributed by atoms with van der Waals surface area (Å²) in [5, 5.41) is 18.9. The van der Waals surface area contributed by atoms with Crippen LogP contribution >= 0.6 is 0 Å². The third-order valence-corrected chi connectivity index (χ3v) is 3.33. The van der Waals surface area contributed by atoms with E-state index < -0.39 is 17.5 Å². The zero-order chi connectivity index (χ0) is 16.3. The van der Waals surface area contributed by atoms with Gasteiger partial charge in [0, 0.05) is 30.1 Å². The number of nitrogens with one attached hydrogen (secondary N) is 2. The number of halogens is 2. The van der Waals surface area contributed by atoms with E-state index in [0.29, 0.717) is 11.1 Å². The second-order valence-corrected chi connectivity index (χ2v) is 4.65. The first-order chi connectivity index (χ1) is 10.4. The molecular weight excluding hydrogens is 290 g/mol. The smallest absolute Gasteiger partial charge is 0.379 e. The van der Waals surface area contributed by atoms with Gasteiger partial charge in [-0.2, -0.15) is 8.78 Å². The second-order valence-electron chi connectivity index (χ2n) is 4.65. The van der Waals surface area contributed by atoms with Crippen LogP contribution in [0.4, 0.5) is 14.5 Å². The Kier molecular flexibility index (Phi) is 4.21. The highest BCUT2D eigenvalue weighted by Gasteiger charge is 2.40. The number of anilines is 1. The van der Waals surface area contributed by atoms with Crippen LogP contribution in [-0.4, -0.2) is 24.3 Å². The van der Waals surface area contributed by atoms with Gasteiger partial charge in [0.25, 0.3) is 0 Å². The van der Waals surface area contributed by atoms with E-state index >= 15 is 0 Å². The van der Waals surface area contributed by atoms with Crippen LogP contribution in [0.3, 0.4) is 0 Å². The molecule has 0 fully saturated rings. The summed E-state index contributed by atoms with van der Waals surface area (Å²) in [6.45, 7) is 0. The van der Waals surface area contributed by atoms with Gasteiger partial charge in [-0.15, -0.1) is 0 Å². The molecule has 0 spiro atoms. The minimum atomic E-state index is -3.91. The zero-order valence-electron chi connectivity index (χ0n) is 11.7. The molecule has 0 aliphatic rings. The van der Waals surface area contributed by atoms with Crippen molar-refractivity contribution in [1.29, 1.82) is 5.41 Å². The molecule has 0 aliphatic heterocycles. The molecule has 0 atom stereocenters. The van der Waals surface area contributed by atoms with Gasteiger partial charge in [0.15, 0.2) is 0 Å². The molecule has 0 bridgehead atoms. The summed E-state index contributed by atoms with van der Waals surface area (Å²) >= 11 is 0. The van der Waals surface area contributed by atoms with E-state index in [9.17, 15) is 13.6 Å². The van der Waals surface area contributed by atoms with Gasteiger partial charge in [-0.3, -0.25) is 0 Å². The van der Waals surface area contributed by atoms with Crippen LogP contribution in [0.2, 0.25) is 0 Å². The van der Waals surface area contributed by atoms with Gasteiger partial charge >= 0.3 is 11.9 Å². The Hall–Kier alpha value is -2.76. The highest BCUT2D eigenvalue weighted by molar-refractivity contribution is 5.88. The highest BCUT2D eigenvalue weighted by atomic mass is 19.3. The molecule has 114 valence electrons. The molecule has 3 N–H and O–H groups in total. The maximum absolute atomic E-state index is 13.4. The van der Waals surface area contributed by atoms with Crippen LogP contribution in [0.5, 0.6) is 0 Å². The maximum atomic E-state index is 13.4. The highest BCUT2D eigenvalue weighted by Crippen LogP contribution is 2.31. The summed E-state index contributed by atoms with van der Waals surface area (Å²) in [4.78, 5) is 10.5. The van der Waals surface area contributed by atoms with E-state index in [4.69, 9.17) is 10.5 Å². The van der Waals surface area contributed by atoms with E-state index in [1.54, 1.807) is 25.2 Å². The molecule has 6 heteroatoms. The van der Waals surface area contributed by atoms with Crippen LogP contribution in [0.15, 0.2) is 42.5 Å². The Balaban J connectivity index is 2.39. The quantitative estimate of drug-likeness (QED) is 0.739. The molecule has 0 heterocycles. The lowest BCUT2D eigenvalue weighted by molar-refractivity contribution is -0.166. The van der Waals surface area contributed by atoms with Crippen molar-refractivity contribution >= 4 is 17.9 Å². The third kappa shape index (κ3) is 2.81. The molecule has 0 radical (unpaired) electrons. The summed E-state index contributed by atoms with van der Waals surface area (Å²) in [7, 11) is 1.74. The van der Waals surface area contributed by atoms with Crippen molar-refractivity contribution in [3.05, 3.63) is 53.6 Å². The lowest BCUT2D eigenvalue weighted by Gasteiger charge is -2.12. The monoisotopic (exact) mass is 304 g/mol. The largest absolute Gasteiger partial charge is 0.477 e. The molecule has 2 aromatic carbocycles. The number of aliphatic carboxylic acids is 1. The van der Waals surface area contributed by atoms with Gasteiger partial charge in [0.05, 0.1) is 0 Å². The molecule has 0 unspecified atom stereocenters. The molecule has 0 aliphatic carbocycles. The fourth-order valence-corrected chi connectivity index (χ4v) is 2.08. The minimum Gasteiger partial charge on any atom is -0.477 e.